The zero-order chi connectivity index (χ0) is 24.7. The van der Waals surface area contributed by atoms with Crippen LogP contribution in [0.5, 0.6) is 0 Å². The lowest BCUT2D eigenvalue weighted by Crippen LogP contribution is -2.61. The summed E-state index contributed by atoms with van der Waals surface area (Å²) >= 11 is 12.9. The molecule has 7 nitrogen and oxygen atoms in total. The van der Waals surface area contributed by atoms with Gasteiger partial charge in [-0.15, -0.1) is 0 Å². The summed E-state index contributed by atoms with van der Waals surface area (Å²) in [4.78, 5) is 17.4. The summed E-state index contributed by atoms with van der Waals surface area (Å²) < 4.78 is 26.5. The first-order valence-electron chi connectivity index (χ1n) is 11.2. The number of aliphatic imine (C=N–C) groups is 1. The molecule has 11 heteroatoms. The minimum absolute atomic E-state index is 0.134. The molecule has 0 radical (unpaired) electrons. The fraction of sp³-hybridized carbons (Fsp3) is 0.522. The van der Waals surface area contributed by atoms with Gasteiger partial charge >= 0.3 is 0 Å². The number of hydrogen-bond donors (Lipinski definition) is 2. The molecule has 0 spiro atoms. The molecule has 1 aromatic carbocycles. The third kappa shape index (κ3) is 5.70. The molecule has 2 fully saturated rings. The summed E-state index contributed by atoms with van der Waals surface area (Å²) in [6.07, 6.45) is 4.64. The van der Waals surface area contributed by atoms with Gasteiger partial charge in [0.25, 0.3) is 5.92 Å². The number of hydrogen-bond acceptors (Lipinski definition) is 7. The zero-order valence-electron chi connectivity index (χ0n) is 19.5. The van der Waals surface area contributed by atoms with Gasteiger partial charge in [-0.1, -0.05) is 23.2 Å². The average Bonchev–Trinajstić information content (AvgIpc) is 2.74. The molecule has 0 aliphatic carbocycles. The van der Waals surface area contributed by atoms with Gasteiger partial charge in [-0.3, -0.25) is 9.89 Å². The normalized spacial score (nSPS) is 20.5. The number of aromatic nitrogens is 2. The van der Waals surface area contributed by atoms with Gasteiger partial charge in [-0.2, -0.15) is 0 Å². The molecule has 2 aliphatic rings. The molecular weight excluding hydrogens is 483 g/mol. The predicted molar refractivity (Wildman–Crippen MR) is 135 cm³/mol. The third-order valence-electron chi connectivity index (χ3n) is 5.91. The number of likely N-dealkylation sites (tertiary alicyclic amines) is 1. The van der Waals surface area contributed by atoms with Crippen LogP contribution in [-0.2, 0) is 0 Å². The highest BCUT2D eigenvalue weighted by Crippen LogP contribution is 2.35. The van der Waals surface area contributed by atoms with Gasteiger partial charge in [-0.05, 0) is 45.7 Å². The van der Waals surface area contributed by atoms with Crippen molar-refractivity contribution in [3.63, 3.8) is 0 Å². The van der Waals surface area contributed by atoms with E-state index in [0.717, 1.165) is 37.0 Å². The average molecular weight is 512 g/mol. The molecule has 4 rings (SSSR count). The second kappa shape index (κ2) is 9.43. The topological polar surface area (TPSA) is 82.7 Å². The van der Waals surface area contributed by atoms with E-state index in [4.69, 9.17) is 28.9 Å². The molecule has 34 heavy (non-hydrogen) atoms. The first-order valence-corrected chi connectivity index (χ1v) is 12.0. The van der Waals surface area contributed by atoms with Crippen molar-refractivity contribution in [2.24, 2.45) is 10.7 Å². The van der Waals surface area contributed by atoms with Crippen LogP contribution in [0, 0.1) is 0 Å². The van der Waals surface area contributed by atoms with Crippen molar-refractivity contribution in [2.75, 3.05) is 36.4 Å². The monoisotopic (exact) mass is 511 g/mol. The zero-order valence-corrected chi connectivity index (χ0v) is 21.0. The maximum Gasteiger partial charge on any atom is 0.272 e. The van der Waals surface area contributed by atoms with E-state index in [9.17, 15) is 8.78 Å². The van der Waals surface area contributed by atoms with Crippen molar-refractivity contribution in [3.05, 3.63) is 35.2 Å². The second-order valence-electron chi connectivity index (χ2n) is 9.81. The molecular formula is C23H29Cl2F2N7. The Kier molecular flexibility index (Phi) is 6.90. The van der Waals surface area contributed by atoms with Crippen LogP contribution in [0.1, 0.15) is 33.6 Å². The van der Waals surface area contributed by atoms with Gasteiger partial charge in [0.15, 0.2) is 0 Å². The number of halogens is 4. The largest absolute Gasteiger partial charge is 0.403 e. The Morgan fingerprint density at radius 1 is 1.26 bits per heavy atom. The molecule has 2 aromatic rings. The lowest BCUT2D eigenvalue weighted by atomic mass is 9.97. The number of anilines is 2. The Bertz CT molecular complexity index is 1110. The van der Waals surface area contributed by atoms with Crippen molar-refractivity contribution in [1.29, 1.82) is 0 Å². The highest BCUT2D eigenvalue weighted by Gasteiger charge is 2.46. The molecule has 0 amide bonds. The highest BCUT2D eigenvalue weighted by atomic mass is 35.5. The number of nitrogens with one attached hydrogen (secondary N) is 1. The Balaban J connectivity index is 1.50. The quantitative estimate of drug-likeness (QED) is 0.558. The van der Waals surface area contributed by atoms with Gasteiger partial charge in [0.2, 0.25) is 5.95 Å². The van der Waals surface area contributed by atoms with Crippen LogP contribution in [0.3, 0.4) is 0 Å². The Morgan fingerprint density at radius 2 is 1.94 bits per heavy atom. The second-order valence-corrected chi connectivity index (χ2v) is 10.6. The molecule has 0 atom stereocenters. The number of rotatable bonds is 5. The minimum Gasteiger partial charge on any atom is -0.403 e. The van der Waals surface area contributed by atoms with E-state index in [1.807, 2.05) is 37.8 Å². The highest BCUT2D eigenvalue weighted by molar-refractivity contribution is 6.69. The maximum absolute atomic E-state index is 13.2. The lowest BCUT2D eigenvalue weighted by Gasteiger charge is -2.47. The van der Waals surface area contributed by atoms with Crippen LogP contribution in [-0.4, -0.2) is 63.7 Å². The van der Waals surface area contributed by atoms with Gasteiger partial charge in [0, 0.05) is 36.9 Å². The smallest absolute Gasteiger partial charge is 0.272 e. The first-order chi connectivity index (χ1) is 15.9. The first kappa shape index (κ1) is 24.9. The summed E-state index contributed by atoms with van der Waals surface area (Å²) in [6.45, 7) is 7.02. The Labute approximate surface area is 208 Å². The number of fused-ring (bicyclic) bond motifs is 1. The number of nitrogens with two attached hydrogens (primary N) is 1. The molecule has 2 saturated heterocycles. The number of benzene rings is 1. The van der Waals surface area contributed by atoms with Crippen molar-refractivity contribution in [2.45, 2.75) is 51.1 Å². The third-order valence-corrected chi connectivity index (χ3v) is 6.50. The van der Waals surface area contributed by atoms with E-state index in [1.54, 1.807) is 6.20 Å². The number of piperidine rings is 1. The summed E-state index contributed by atoms with van der Waals surface area (Å²) in [5, 5.41) is 4.67. The van der Waals surface area contributed by atoms with E-state index >= 15 is 0 Å². The molecule has 3 heterocycles. The molecule has 0 bridgehead atoms. The van der Waals surface area contributed by atoms with Gasteiger partial charge in [-0.25, -0.2) is 18.7 Å². The van der Waals surface area contributed by atoms with Crippen molar-refractivity contribution >= 4 is 50.9 Å². The number of allylic oxidation sites excluding steroid dienone is 1. The summed E-state index contributed by atoms with van der Waals surface area (Å²) in [7, 11) is 0. The fourth-order valence-electron chi connectivity index (χ4n) is 4.26. The van der Waals surface area contributed by atoms with Crippen LogP contribution in [0.2, 0.25) is 5.02 Å². The van der Waals surface area contributed by atoms with E-state index in [1.165, 1.54) is 6.20 Å². The molecule has 0 saturated carbocycles. The van der Waals surface area contributed by atoms with Gasteiger partial charge in [0.1, 0.15) is 5.17 Å². The SMILES string of the molecule is CC(C)(C)N=C(Cl)/C(=C\N)Nc1ncc2cc(Cl)c(N3CCC(N4CC(F)(F)C4)CC3)cc2n1. The molecule has 2 aliphatic heterocycles. The standard InChI is InChI=1S/C23H29Cl2F2N7/c1-22(2,3)32-20(25)18(10-28)31-21-29-11-14-8-16(24)19(9-17(14)30-21)33-6-4-15(5-7-33)34-12-23(26,27)13-34/h8-11,15H,4-7,12-13,28H2,1-3H3,(H,29,30,31)/b18-10+,32-20?. The van der Waals surface area contributed by atoms with Crippen LogP contribution in [0.15, 0.2) is 35.2 Å². The lowest BCUT2D eigenvalue weighted by molar-refractivity contribution is -0.148. The molecule has 3 N–H and O–H groups in total. The fourth-order valence-corrected chi connectivity index (χ4v) is 4.91. The summed E-state index contributed by atoms with van der Waals surface area (Å²) in [5.74, 6) is -2.21. The maximum atomic E-state index is 13.2. The Hall–Kier alpha value is -2.23. The molecule has 184 valence electrons. The minimum atomic E-state index is -2.54. The van der Waals surface area contributed by atoms with Crippen LogP contribution >= 0.6 is 23.2 Å². The summed E-state index contributed by atoms with van der Waals surface area (Å²) in [6, 6.07) is 3.96. The van der Waals surface area contributed by atoms with E-state index in [0.29, 0.717) is 22.2 Å². The molecule has 1 aromatic heterocycles. The van der Waals surface area contributed by atoms with E-state index in [2.05, 4.69) is 25.2 Å². The molecule has 0 unspecified atom stereocenters. The number of nitrogens with zero attached hydrogens (tertiary/aromatic N) is 5. The van der Waals surface area contributed by atoms with Crippen molar-refractivity contribution < 1.29 is 8.78 Å². The Morgan fingerprint density at radius 3 is 2.53 bits per heavy atom. The van der Waals surface area contributed by atoms with Crippen LogP contribution < -0.4 is 16.0 Å². The van der Waals surface area contributed by atoms with E-state index < -0.39 is 5.92 Å². The van der Waals surface area contributed by atoms with Crippen molar-refractivity contribution in [3.8, 4) is 0 Å². The van der Waals surface area contributed by atoms with Crippen molar-refractivity contribution in [1.82, 2.24) is 14.9 Å². The number of alkyl halides is 2. The van der Waals surface area contributed by atoms with Crippen LogP contribution in [0.4, 0.5) is 20.4 Å². The summed E-state index contributed by atoms with van der Waals surface area (Å²) in [5.41, 5.74) is 7.36. The predicted octanol–water partition coefficient (Wildman–Crippen LogP) is 4.85. The van der Waals surface area contributed by atoms with Gasteiger partial charge < -0.3 is 16.0 Å². The van der Waals surface area contributed by atoms with Gasteiger partial charge in [0.05, 0.1) is 40.6 Å². The van der Waals surface area contributed by atoms with Crippen LogP contribution in [0.25, 0.3) is 10.9 Å². The van der Waals surface area contributed by atoms with E-state index in [-0.39, 0.29) is 29.8 Å².